The molecular formula is C18H14ClN5O2. The second kappa shape index (κ2) is 6.53. The number of nitrogens with zero attached hydrogens (tertiary/aromatic N) is 3. The quantitative estimate of drug-likeness (QED) is 0.505. The van der Waals surface area contributed by atoms with Crippen LogP contribution in [0.4, 0.5) is 10.7 Å². The maximum atomic E-state index is 10.8. The molecule has 2 heterocycles. The Morgan fingerprint density at radius 2 is 2.08 bits per heavy atom. The van der Waals surface area contributed by atoms with E-state index in [0.29, 0.717) is 10.5 Å². The summed E-state index contributed by atoms with van der Waals surface area (Å²) in [7, 11) is 0. The van der Waals surface area contributed by atoms with Gasteiger partial charge in [0.05, 0.1) is 23.4 Å². The smallest absolute Gasteiger partial charge is 0.411 e. The molecule has 0 saturated heterocycles. The van der Waals surface area contributed by atoms with Crippen molar-refractivity contribution < 1.29 is 9.90 Å². The van der Waals surface area contributed by atoms with Crippen molar-refractivity contribution in [2.24, 2.45) is 0 Å². The minimum atomic E-state index is -1.17. The van der Waals surface area contributed by atoms with Gasteiger partial charge < -0.3 is 14.7 Å². The number of nitrogens with one attached hydrogen (secondary N) is 2. The molecule has 26 heavy (non-hydrogen) atoms. The fourth-order valence-electron chi connectivity index (χ4n) is 2.99. The van der Waals surface area contributed by atoms with Crippen LogP contribution in [0.3, 0.4) is 0 Å². The van der Waals surface area contributed by atoms with Crippen molar-refractivity contribution in [3.8, 4) is 0 Å². The highest BCUT2D eigenvalue weighted by molar-refractivity contribution is 6.30. The SMILES string of the molecule is O=C(O)Nc1nc2cc(C(c3cccc(Cl)c3)n3ccnc3)ccc2[nH]1. The van der Waals surface area contributed by atoms with Gasteiger partial charge in [-0.25, -0.2) is 14.8 Å². The number of H-pyrrole nitrogens is 1. The zero-order chi connectivity index (χ0) is 18.1. The van der Waals surface area contributed by atoms with Crippen molar-refractivity contribution in [3.05, 3.63) is 77.3 Å². The summed E-state index contributed by atoms with van der Waals surface area (Å²) in [6, 6.07) is 13.3. The first kappa shape index (κ1) is 16.2. The lowest BCUT2D eigenvalue weighted by atomic mass is 9.98. The molecule has 1 atom stereocenters. The normalized spacial score (nSPS) is 12.2. The Kier molecular flexibility index (Phi) is 4.06. The van der Waals surface area contributed by atoms with Crippen LogP contribution in [0.1, 0.15) is 17.2 Å². The Morgan fingerprint density at radius 1 is 1.23 bits per heavy atom. The number of hydrogen-bond acceptors (Lipinski definition) is 3. The van der Waals surface area contributed by atoms with Crippen LogP contribution in [0.15, 0.2) is 61.2 Å². The number of rotatable bonds is 4. The van der Waals surface area contributed by atoms with Crippen LogP contribution in [0.25, 0.3) is 11.0 Å². The van der Waals surface area contributed by atoms with Gasteiger partial charge in [-0.05, 0) is 35.4 Å². The molecule has 0 aliphatic heterocycles. The Balaban J connectivity index is 1.81. The molecule has 4 rings (SSSR count). The molecule has 0 spiro atoms. The van der Waals surface area contributed by atoms with Crippen LogP contribution < -0.4 is 5.32 Å². The second-order valence-electron chi connectivity index (χ2n) is 5.76. The third-order valence-electron chi connectivity index (χ3n) is 4.04. The number of carbonyl (C=O) groups is 1. The maximum absolute atomic E-state index is 10.8. The predicted molar refractivity (Wildman–Crippen MR) is 98.7 cm³/mol. The average molecular weight is 368 g/mol. The van der Waals surface area contributed by atoms with Gasteiger partial charge >= 0.3 is 6.09 Å². The van der Waals surface area contributed by atoms with Crippen molar-refractivity contribution in [3.63, 3.8) is 0 Å². The van der Waals surface area contributed by atoms with Gasteiger partial charge in [0.25, 0.3) is 0 Å². The molecular weight excluding hydrogens is 354 g/mol. The number of amides is 1. The number of anilines is 1. The molecule has 3 N–H and O–H groups in total. The Morgan fingerprint density at radius 3 is 2.81 bits per heavy atom. The predicted octanol–water partition coefficient (Wildman–Crippen LogP) is 4.14. The number of carboxylic acid groups (broad SMARTS) is 1. The van der Waals surface area contributed by atoms with Crippen LogP contribution in [-0.4, -0.2) is 30.7 Å². The first-order chi connectivity index (χ1) is 12.6. The Labute approximate surface area is 153 Å². The molecule has 8 heteroatoms. The molecule has 2 aromatic heterocycles. The monoisotopic (exact) mass is 367 g/mol. The van der Waals surface area contributed by atoms with Crippen LogP contribution in [0, 0.1) is 0 Å². The highest BCUT2D eigenvalue weighted by Crippen LogP contribution is 2.30. The van der Waals surface area contributed by atoms with E-state index in [1.165, 1.54) is 0 Å². The highest BCUT2D eigenvalue weighted by Gasteiger charge is 2.18. The summed E-state index contributed by atoms with van der Waals surface area (Å²) in [5.41, 5.74) is 3.40. The lowest BCUT2D eigenvalue weighted by molar-refractivity contribution is 0.209. The molecule has 0 fully saturated rings. The molecule has 130 valence electrons. The van der Waals surface area contributed by atoms with Gasteiger partial charge in [-0.3, -0.25) is 5.32 Å². The van der Waals surface area contributed by atoms with Gasteiger partial charge in [-0.2, -0.15) is 0 Å². The first-order valence-corrected chi connectivity index (χ1v) is 8.20. The van der Waals surface area contributed by atoms with E-state index in [1.807, 2.05) is 53.2 Å². The fraction of sp³-hybridized carbons (Fsp3) is 0.0556. The lowest BCUT2D eigenvalue weighted by Crippen LogP contribution is -2.10. The van der Waals surface area contributed by atoms with Gasteiger partial charge in [0.15, 0.2) is 0 Å². The van der Waals surface area contributed by atoms with E-state index >= 15 is 0 Å². The highest BCUT2D eigenvalue weighted by atomic mass is 35.5. The molecule has 0 saturated carbocycles. The fourth-order valence-corrected chi connectivity index (χ4v) is 3.19. The van der Waals surface area contributed by atoms with E-state index in [2.05, 4.69) is 20.3 Å². The van der Waals surface area contributed by atoms with Crippen LogP contribution in [-0.2, 0) is 0 Å². The van der Waals surface area contributed by atoms with E-state index in [0.717, 1.165) is 16.6 Å². The Hall–Kier alpha value is -3.32. The van der Waals surface area contributed by atoms with E-state index in [1.54, 1.807) is 12.5 Å². The number of benzene rings is 2. The number of hydrogen-bond donors (Lipinski definition) is 3. The summed E-state index contributed by atoms with van der Waals surface area (Å²) >= 11 is 6.18. The summed E-state index contributed by atoms with van der Waals surface area (Å²) in [6.45, 7) is 0. The first-order valence-electron chi connectivity index (χ1n) is 7.83. The van der Waals surface area contributed by atoms with Gasteiger partial charge in [0.1, 0.15) is 0 Å². The number of aromatic amines is 1. The van der Waals surface area contributed by atoms with E-state index in [4.69, 9.17) is 16.7 Å². The molecule has 7 nitrogen and oxygen atoms in total. The van der Waals surface area contributed by atoms with Crippen LogP contribution >= 0.6 is 11.6 Å². The largest absolute Gasteiger partial charge is 0.465 e. The standard InChI is InChI=1S/C18H14ClN5O2/c19-13-3-1-2-11(8-13)16(24-7-6-20-10-24)12-4-5-14-15(9-12)22-17(21-14)23-18(25)26/h1-10,16H,(H,25,26)(H2,21,22,23). The molecule has 0 radical (unpaired) electrons. The molecule has 4 aromatic rings. The minimum absolute atomic E-state index is 0.131. The van der Waals surface area contributed by atoms with Gasteiger partial charge in [-0.1, -0.05) is 29.8 Å². The van der Waals surface area contributed by atoms with Crippen molar-refractivity contribution in [1.29, 1.82) is 0 Å². The Bertz CT molecular complexity index is 1070. The van der Waals surface area contributed by atoms with Crippen molar-refractivity contribution >= 4 is 34.7 Å². The van der Waals surface area contributed by atoms with E-state index in [-0.39, 0.29) is 12.0 Å². The topological polar surface area (TPSA) is 95.8 Å². The summed E-state index contributed by atoms with van der Waals surface area (Å²) in [5.74, 6) is 0.187. The summed E-state index contributed by atoms with van der Waals surface area (Å²) in [4.78, 5) is 22.2. The zero-order valence-corrected chi connectivity index (χ0v) is 14.2. The van der Waals surface area contributed by atoms with Crippen LogP contribution in [0.2, 0.25) is 5.02 Å². The summed E-state index contributed by atoms with van der Waals surface area (Å²) < 4.78 is 1.98. The second-order valence-corrected chi connectivity index (χ2v) is 6.20. The van der Waals surface area contributed by atoms with Crippen molar-refractivity contribution in [1.82, 2.24) is 19.5 Å². The number of fused-ring (bicyclic) bond motifs is 1. The van der Waals surface area contributed by atoms with Gasteiger partial charge in [0, 0.05) is 17.4 Å². The number of aromatic nitrogens is 4. The molecule has 0 aliphatic rings. The molecule has 0 bridgehead atoms. The minimum Gasteiger partial charge on any atom is -0.465 e. The molecule has 0 aliphatic carbocycles. The van der Waals surface area contributed by atoms with E-state index in [9.17, 15) is 4.79 Å². The van der Waals surface area contributed by atoms with Gasteiger partial charge in [-0.15, -0.1) is 0 Å². The third kappa shape index (κ3) is 3.12. The molecule has 1 amide bonds. The number of imidazole rings is 2. The van der Waals surface area contributed by atoms with Crippen LogP contribution in [0.5, 0.6) is 0 Å². The van der Waals surface area contributed by atoms with Crippen molar-refractivity contribution in [2.45, 2.75) is 6.04 Å². The number of halogens is 1. The molecule has 2 aromatic carbocycles. The van der Waals surface area contributed by atoms with Crippen molar-refractivity contribution in [2.75, 3.05) is 5.32 Å². The average Bonchev–Trinajstić information content (AvgIpc) is 3.23. The summed E-state index contributed by atoms with van der Waals surface area (Å²) in [6.07, 6.45) is 4.19. The lowest BCUT2D eigenvalue weighted by Gasteiger charge is -2.20. The molecule has 1 unspecified atom stereocenters. The van der Waals surface area contributed by atoms with Gasteiger partial charge in [0.2, 0.25) is 5.95 Å². The van der Waals surface area contributed by atoms with E-state index < -0.39 is 6.09 Å². The third-order valence-corrected chi connectivity index (χ3v) is 4.27. The zero-order valence-electron chi connectivity index (χ0n) is 13.4. The maximum Gasteiger partial charge on any atom is 0.411 e. The summed E-state index contributed by atoms with van der Waals surface area (Å²) in [5, 5.41) is 11.7.